The number of hydrogen-bond acceptors (Lipinski definition) is 9. The SMILES string of the molecule is CCN1C(=CC=C2CCC(C=Cc3sc4ccccc4[n+]3CC)=C2N2CCN(C)CC2)Sc2ccccc21.[O-][Cl+3]([O-])([O-])[O-]. The third-order valence-electron chi connectivity index (χ3n) is 7.85. The molecule has 1 aromatic heterocycles. The predicted molar refractivity (Wildman–Crippen MR) is 164 cm³/mol. The Morgan fingerprint density at radius 1 is 0.884 bits per heavy atom. The number of aromatic nitrogens is 1. The van der Waals surface area contributed by atoms with E-state index < -0.39 is 10.2 Å². The summed E-state index contributed by atoms with van der Waals surface area (Å²) in [7, 11) is -2.71. The quantitative estimate of drug-likeness (QED) is 0.378. The molecule has 8 nitrogen and oxygen atoms in total. The molecule has 228 valence electrons. The third kappa shape index (κ3) is 7.71. The van der Waals surface area contributed by atoms with Crippen LogP contribution in [0, 0.1) is 10.2 Å². The van der Waals surface area contributed by atoms with Crippen molar-refractivity contribution in [1.29, 1.82) is 0 Å². The van der Waals surface area contributed by atoms with E-state index in [2.05, 4.69) is 113 Å². The molecule has 0 radical (unpaired) electrons. The van der Waals surface area contributed by atoms with Gasteiger partial charge in [-0.15, -0.1) is 10.2 Å². The normalized spacial score (nSPS) is 19.7. The summed E-state index contributed by atoms with van der Waals surface area (Å²) in [6.07, 6.45) is 11.8. The lowest BCUT2D eigenvalue weighted by Crippen LogP contribution is -2.68. The first kappa shape index (κ1) is 31.7. The minimum atomic E-state index is -4.94. The van der Waals surface area contributed by atoms with Gasteiger partial charge in [0.2, 0.25) is 5.52 Å². The summed E-state index contributed by atoms with van der Waals surface area (Å²) in [4.78, 5) is 8.89. The van der Waals surface area contributed by atoms with Gasteiger partial charge in [0.15, 0.2) is 0 Å². The highest BCUT2D eigenvalue weighted by Crippen LogP contribution is 2.46. The monoisotopic (exact) mass is 640 g/mol. The van der Waals surface area contributed by atoms with Crippen LogP contribution in [0.5, 0.6) is 0 Å². The van der Waals surface area contributed by atoms with E-state index in [-0.39, 0.29) is 0 Å². The number of thioether (sulfide) groups is 1. The lowest BCUT2D eigenvalue weighted by atomic mass is 10.1. The van der Waals surface area contributed by atoms with Crippen LogP contribution in [0.4, 0.5) is 5.69 Å². The Morgan fingerprint density at radius 2 is 1.58 bits per heavy atom. The number of likely N-dealkylation sites (N-methyl/N-ethyl adjacent to an activating group) is 1. The molecule has 43 heavy (non-hydrogen) atoms. The van der Waals surface area contributed by atoms with Crippen molar-refractivity contribution in [1.82, 2.24) is 9.80 Å². The predicted octanol–water partition coefficient (Wildman–Crippen LogP) is 2.16. The lowest BCUT2D eigenvalue weighted by Gasteiger charge is -2.36. The van der Waals surface area contributed by atoms with Crippen LogP contribution in [0.2, 0.25) is 0 Å². The first-order valence-corrected chi connectivity index (χ1v) is 17.4. The Hall–Kier alpha value is -2.67. The summed E-state index contributed by atoms with van der Waals surface area (Å²) in [5, 5.41) is 2.66. The molecule has 6 rings (SSSR count). The van der Waals surface area contributed by atoms with E-state index in [1.165, 1.54) is 47.7 Å². The number of allylic oxidation sites excluding steroid dienone is 5. The van der Waals surface area contributed by atoms with E-state index >= 15 is 0 Å². The Balaban J connectivity index is 0.000000682. The molecular weight excluding hydrogens is 604 g/mol. The van der Waals surface area contributed by atoms with E-state index in [1.54, 1.807) is 0 Å². The highest BCUT2D eigenvalue weighted by molar-refractivity contribution is 8.03. The number of nitrogens with zero attached hydrogens (tertiary/aromatic N) is 4. The molecule has 2 aliphatic heterocycles. The largest absolute Gasteiger partial charge is 0.369 e. The number of rotatable bonds is 6. The fourth-order valence-electron chi connectivity index (χ4n) is 5.82. The Labute approximate surface area is 263 Å². The van der Waals surface area contributed by atoms with Crippen molar-refractivity contribution in [3.05, 3.63) is 93.6 Å². The second kappa shape index (κ2) is 14.0. The summed E-state index contributed by atoms with van der Waals surface area (Å²) < 4.78 is 37.8. The van der Waals surface area contributed by atoms with Crippen molar-refractivity contribution < 1.29 is 33.4 Å². The molecule has 0 atom stereocenters. The van der Waals surface area contributed by atoms with Crippen molar-refractivity contribution >= 4 is 45.1 Å². The maximum atomic E-state index is 8.49. The van der Waals surface area contributed by atoms with Gasteiger partial charge in [0.05, 0.1) is 10.7 Å². The van der Waals surface area contributed by atoms with Gasteiger partial charge in [0.1, 0.15) is 11.2 Å². The van der Waals surface area contributed by atoms with Crippen molar-refractivity contribution in [3.8, 4) is 0 Å². The lowest BCUT2D eigenvalue weighted by molar-refractivity contribution is -2.00. The summed E-state index contributed by atoms with van der Waals surface area (Å²) >= 11 is 3.79. The van der Waals surface area contributed by atoms with Gasteiger partial charge in [0, 0.05) is 55.5 Å². The summed E-state index contributed by atoms with van der Waals surface area (Å²) in [6, 6.07) is 17.5. The van der Waals surface area contributed by atoms with Crippen LogP contribution in [-0.2, 0) is 6.54 Å². The number of halogens is 1. The average Bonchev–Trinajstić information content (AvgIpc) is 3.66. The second-order valence-corrected chi connectivity index (χ2v) is 13.4. The maximum absolute atomic E-state index is 8.49. The fraction of sp³-hybridized carbons (Fsp3) is 0.344. The number of aryl methyl sites for hydroxylation is 1. The van der Waals surface area contributed by atoms with E-state index in [0.717, 1.165) is 52.1 Å². The molecule has 0 saturated carbocycles. The summed E-state index contributed by atoms with van der Waals surface area (Å²) in [5.74, 6) is 0. The van der Waals surface area contributed by atoms with E-state index in [1.807, 2.05) is 23.1 Å². The molecule has 0 amide bonds. The van der Waals surface area contributed by atoms with Gasteiger partial charge in [-0.3, -0.25) is 0 Å². The molecule has 1 saturated heterocycles. The summed E-state index contributed by atoms with van der Waals surface area (Å²) in [5.41, 5.74) is 7.10. The van der Waals surface area contributed by atoms with Crippen LogP contribution in [0.15, 0.2) is 93.5 Å². The van der Waals surface area contributed by atoms with Crippen LogP contribution >= 0.6 is 23.1 Å². The van der Waals surface area contributed by atoms with Crippen LogP contribution in [-0.4, -0.2) is 49.6 Å². The van der Waals surface area contributed by atoms with Gasteiger partial charge in [-0.1, -0.05) is 53.4 Å². The van der Waals surface area contributed by atoms with Crippen molar-refractivity contribution in [2.24, 2.45) is 0 Å². The number of para-hydroxylation sites is 2. The first-order chi connectivity index (χ1) is 20.7. The molecule has 0 N–H and O–H groups in total. The summed E-state index contributed by atoms with van der Waals surface area (Å²) in [6.45, 7) is 10.9. The zero-order valence-electron chi connectivity index (χ0n) is 24.7. The highest BCUT2D eigenvalue weighted by Gasteiger charge is 2.27. The van der Waals surface area contributed by atoms with Gasteiger partial charge in [-0.25, -0.2) is 18.6 Å². The Morgan fingerprint density at radius 3 is 2.30 bits per heavy atom. The molecule has 3 aliphatic rings. The van der Waals surface area contributed by atoms with E-state index in [4.69, 9.17) is 18.6 Å². The number of fused-ring (bicyclic) bond motifs is 2. The van der Waals surface area contributed by atoms with E-state index in [0.29, 0.717) is 0 Å². The fourth-order valence-corrected chi connectivity index (χ4v) is 8.08. The van der Waals surface area contributed by atoms with Crippen molar-refractivity contribution in [2.75, 3.05) is 44.7 Å². The molecule has 11 heteroatoms. The number of benzene rings is 2. The molecular formula is C32H37ClN4O4S2. The van der Waals surface area contributed by atoms with Crippen LogP contribution < -0.4 is 28.1 Å². The van der Waals surface area contributed by atoms with E-state index in [9.17, 15) is 0 Å². The molecule has 0 spiro atoms. The molecule has 1 fully saturated rings. The smallest absolute Gasteiger partial charge is 0.262 e. The average molecular weight is 641 g/mol. The van der Waals surface area contributed by atoms with Crippen molar-refractivity contribution in [2.45, 2.75) is 38.1 Å². The van der Waals surface area contributed by atoms with Gasteiger partial charge >= 0.3 is 0 Å². The zero-order chi connectivity index (χ0) is 30.6. The minimum Gasteiger partial charge on any atom is -0.369 e. The Bertz CT molecular complexity index is 1560. The topological polar surface area (TPSA) is 106 Å². The van der Waals surface area contributed by atoms with Gasteiger partial charge in [0.25, 0.3) is 5.01 Å². The van der Waals surface area contributed by atoms with Crippen LogP contribution in [0.1, 0.15) is 31.7 Å². The van der Waals surface area contributed by atoms with Crippen LogP contribution in [0.3, 0.4) is 0 Å². The minimum absolute atomic E-state index is 0.987. The van der Waals surface area contributed by atoms with Gasteiger partial charge < -0.3 is 14.7 Å². The number of piperazine rings is 1. The highest BCUT2D eigenvalue weighted by atomic mass is 35.7. The van der Waals surface area contributed by atoms with Gasteiger partial charge in [-0.2, -0.15) is 4.57 Å². The maximum Gasteiger partial charge on any atom is 0.262 e. The van der Waals surface area contributed by atoms with Crippen molar-refractivity contribution in [3.63, 3.8) is 0 Å². The molecule has 3 aromatic rings. The Kier molecular flexibility index (Phi) is 10.3. The standard InChI is InChI=1S/C32H37N4S2.ClHO4/c1-4-35-26-10-6-8-12-28(26)37-30(35)18-16-24-14-15-25(32(24)34-22-20-33(3)21-23-34)17-19-31-36(5-2)27-11-7-9-13-29(27)38-31;2-1(3,4)5/h6-13,16-19H,4-5,14-15,20-23H2,1-3H3;(H,2,3,4,5)/q+1;/p-1. The van der Waals surface area contributed by atoms with Crippen LogP contribution in [0.25, 0.3) is 16.3 Å². The second-order valence-electron chi connectivity index (χ2n) is 10.5. The third-order valence-corrected chi connectivity index (χ3v) is 10.1. The molecule has 2 aromatic carbocycles. The number of hydrogen-bond donors (Lipinski definition) is 0. The molecule has 0 bridgehead atoms. The number of thiazole rings is 1. The first-order valence-electron chi connectivity index (χ1n) is 14.5. The molecule has 3 heterocycles. The molecule has 0 unspecified atom stereocenters. The number of anilines is 1. The molecule has 1 aliphatic carbocycles. The van der Waals surface area contributed by atoms with Gasteiger partial charge in [-0.05, 0) is 75.2 Å². The zero-order valence-corrected chi connectivity index (χ0v) is 27.1.